The minimum atomic E-state index is 0.0173. The number of fused-ring (bicyclic) bond motifs is 1. The van der Waals surface area contributed by atoms with Crippen LogP contribution in [0.2, 0.25) is 0 Å². The maximum absolute atomic E-state index is 7.55. The van der Waals surface area contributed by atoms with Crippen LogP contribution < -0.4 is 5.73 Å². The molecule has 0 spiro atoms. The molecule has 18 heavy (non-hydrogen) atoms. The van der Waals surface area contributed by atoms with Gasteiger partial charge in [-0.15, -0.1) is 0 Å². The number of para-hydroxylation sites is 1. The third-order valence-electron chi connectivity index (χ3n) is 3.13. The molecule has 0 unspecified atom stereocenters. The highest BCUT2D eigenvalue weighted by Crippen LogP contribution is 2.30. The zero-order valence-electron chi connectivity index (χ0n) is 11.3. The number of hydrogen-bond acceptors (Lipinski definition) is 2. The van der Waals surface area contributed by atoms with Crippen molar-refractivity contribution in [1.29, 1.82) is 5.41 Å². The molecule has 0 aliphatic rings. The quantitative estimate of drug-likeness (QED) is 0.595. The summed E-state index contributed by atoms with van der Waals surface area (Å²) in [6, 6.07) is 8.09. The molecule has 0 saturated carbocycles. The van der Waals surface area contributed by atoms with Gasteiger partial charge in [-0.1, -0.05) is 39.0 Å². The predicted molar refractivity (Wildman–Crippen MR) is 76.2 cm³/mol. The van der Waals surface area contributed by atoms with Gasteiger partial charge < -0.3 is 5.73 Å². The molecule has 3 N–H and O–H groups in total. The average Bonchev–Trinajstić information content (AvgIpc) is 2.26. The first-order valence-corrected chi connectivity index (χ1v) is 6.06. The van der Waals surface area contributed by atoms with E-state index in [1.54, 1.807) is 0 Å². The first-order valence-electron chi connectivity index (χ1n) is 6.06. The number of pyridine rings is 1. The molecule has 3 heteroatoms. The van der Waals surface area contributed by atoms with E-state index >= 15 is 0 Å². The van der Waals surface area contributed by atoms with E-state index in [1.165, 1.54) is 5.56 Å². The molecule has 3 nitrogen and oxygen atoms in total. The van der Waals surface area contributed by atoms with E-state index in [4.69, 9.17) is 11.1 Å². The monoisotopic (exact) mass is 241 g/mol. The topological polar surface area (TPSA) is 62.8 Å². The van der Waals surface area contributed by atoms with Crippen LogP contribution in [0.25, 0.3) is 10.9 Å². The highest BCUT2D eigenvalue weighted by molar-refractivity contribution is 5.97. The van der Waals surface area contributed by atoms with Gasteiger partial charge in [0.25, 0.3) is 0 Å². The zero-order valence-corrected chi connectivity index (χ0v) is 11.3. The van der Waals surface area contributed by atoms with E-state index in [-0.39, 0.29) is 11.3 Å². The van der Waals surface area contributed by atoms with Gasteiger partial charge in [-0.2, -0.15) is 0 Å². The fraction of sp³-hybridized carbons (Fsp3) is 0.333. The number of nitrogen functional groups attached to an aromatic ring is 1. The Balaban J connectivity index is 2.86. The van der Waals surface area contributed by atoms with Gasteiger partial charge in [0.05, 0.1) is 5.52 Å². The SMILES string of the molecule is Cc1cc(C(=N)N)nc2c(C(C)(C)C)cccc12. The third-order valence-corrected chi connectivity index (χ3v) is 3.13. The number of aromatic nitrogens is 1. The summed E-state index contributed by atoms with van der Waals surface area (Å²) >= 11 is 0. The van der Waals surface area contributed by atoms with E-state index in [0.29, 0.717) is 5.69 Å². The highest BCUT2D eigenvalue weighted by Gasteiger charge is 2.18. The molecule has 0 atom stereocenters. The Morgan fingerprint density at radius 3 is 2.50 bits per heavy atom. The molecule has 1 aromatic heterocycles. The summed E-state index contributed by atoms with van der Waals surface area (Å²) in [5.41, 5.74) is 9.38. The summed E-state index contributed by atoms with van der Waals surface area (Å²) in [6.07, 6.45) is 0. The van der Waals surface area contributed by atoms with E-state index in [0.717, 1.165) is 16.5 Å². The molecule has 0 bridgehead atoms. The molecule has 0 radical (unpaired) electrons. The van der Waals surface area contributed by atoms with Crippen LogP contribution >= 0.6 is 0 Å². The number of amidine groups is 1. The maximum atomic E-state index is 7.55. The molecule has 2 aromatic rings. The molecule has 0 amide bonds. The second-order valence-electron chi connectivity index (χ2n) is 5.69. The van der Waals surface area contributed by atoms with Crippen molar-refractivity contribution in [3.05, 3.63) is 41.1 Å². The van der Waals surface area contributed by atoms with Crippen LogP contribution in [0.15, 0.2) is 24.3 Å². The summed E-state index contributed by atoms with van der Waals surface area (Å²) in [6.45, 7) is 8.53. The van der Waals surface area contributed by atoms with Crippen LogP contribution in [0.3, 0.4) is 0 Å². The lowest BCUT2D eigenvalue weighted by molar-refractivity contribution is 0.594. The van der Waals surface area contributed by atoms with Crippen LogP contribution in [0.1, 0.15) is 37.6 Å². The fourth-order valence-corrected chi connectivity index (χ4v) is 2.16. The Labute approximate surface area is 108 Å². The molecular weight excluding hydrogens is 222 g/mol. The van der Waals surface area contributed by atoms with Gasteiger partial charge in [0.15, 0.2) is 0 Å². The van der Waals surface area contributed by atoms with Crippen molar-refractivity contribution in [2.75, 3.05) is 0 Å². The van der Waals surface area contributed by atoms with Crippen molar-refractivity contribution in [3.63, 3.8) is 0 Å². The van der Waals surface area contributed by atoms with Crippen LogP contribution in [0, 0.1) is 12.3 Å². The molecule has 1 heterocycles. The first-order chi connectivity index (χ1) is 8.30. The Morgan fingerprint density at radius 2 is 1.94 bits per heavy atom. The maximum Gasteiger partial charge on any atom is 0.141 e. The average molecular weight is 241 g/mol. The molecule has 1 aromatic carbocycles. The van der Waals surface area contributed by atoms with E-state index < -0.39 is 0 Å². The van der Waals surface area contributed by atoms with Crippen molar-refractivity contribution in [2.24, 2.45) is 5.73 Å². The lowest BCUT2D eigenvalue weighted by Crippen LogP contribution is -2.16. The Morgan fingerprint density at radius 1 is 1.28 bits per heavy atom. The molecule has 0 saturated heterocycles. The smallest absolute Gasteiger partial charge is 0.141 e. The van der Waals surface area contributed by atoms with Crippen molar-refractivity contribution in [3.8, 4) is 0 Å². The van der Waals surface area contributed by atoms with Gasteiger partial charge in [-0.05, 0) is 29.5 Å². The lowest BCUT2D eigenvalue weighted by atomic mass is 9.85. The molecule has 94 valence electrons. The number of hydrogen-bond donors (Lipinski definition) is 2. The largest absolute Gasteiger partial charge is 0.382 e. The highest BCUT2D eigenvalue weighted by atomic mass is 14.8. The Hall–Kier alpha value is -1.90. The molecule has 2 rings (SSSR count). The van der Waals surface area contributed by atoms with Crippen LogP contribution in [-0.2, 0) is 5.41 Å². The Kier molecular flexibility index (Phi) is 2.85. The number of nitrogens with two attached hydrogens (primary N) is 1. The van der Waals surface area contributed by atoms with Crippen LogP contribution in [-0.4, -0.2) is 10.8 Å². The molecule has 0 fully saturated rings. The lowest BCUT2D eigenvalue weighted by Gasteiger charge is -2.21. The van der Waals surface area contributed by atoms with Crippen molar-refractivity contribution >= 4 is 16.7 Å². The first kappa shape index (κ1) is 12.6. The summed E-state index contributed by atoms with van der Waals surface area (Å²) in [4.78, 5) is 4.55. The fourth-order valence-electron chi connectivity index (χ4n) is 2.16. The van der Waals surface area contributed by atoms with Gasteiger partial charge in [-0.25, -0.2) is 4.98 Å². The number of rotatable bonds is 1. The van der Waals surface area contributed by atoms with Crippen LogP contribution in [0.5, 0.6) is 0 Å². The minimum absolute atomic E-state index is 0.0173. The van der Waals surface area contributed by atoms with E-state index in [2.05, 4.69) is 44.0 Å². The van der Waals surface area contributed by atoms with Gasteiger partial charge in [0, 0.05) is 5.39 Å². The summed E-state index contributed by atoms with van der Waals surface area (Å²) in [5, 5.41) is 8.68. The predicted octanol–water partition coefficient (Wildman–Crippen LogP) is 3.12. The second-order valence-corrected chi connectivity index (χ2v) is 5.69. The van der Waals surface area contributed by atoms with Crippen molar-refractivity contribution < 1.29 is 0 Å². The number of nitrogens with one attached hydrogen (secondary N) is 1. The number of aryl methyl sites for hydroxylation is 1. The Bertz CT molecular complexity index is 621. The normalized spacial score (nSPS) is 11.8. The van der Waals surface area contributed by atoms with Crippen LogP contribution in [0.4, 0.5) is 0 Å². The van der Waals surface area contributed by atoms with Gasteiger partial charge >= 0.3 is 0 Å². The molecule has 0 aliphatic carbocycles. The minimum Gasteiger partial charge on any atom is -0.382 e. The van der Waals surface area contributed by atoms with Crippen molar-refractivity contribution in [2.45, 2.75) is 33.1 Å². The summed E-state index contributed by atoms with van der Waals surface area (Å²) in [7, 11) is 0. The van der Waals surface area contributed by atoms with E-state index in [9.17, 15) is 0 Å². The number of nitrogens with zero attached hydrogens (tertiary/aromatic N) is 1. The standard InChI is InChI=1S/C15H19N3/c1-9-8-12(14(16)17)18-13-10(9)6-5-7-11(13)15(2,3)4/h5-8H,1-4H3,(H3,16,17). The third kappa shape index (κ3) is 2.08. The summed E-state index contributed by atoms with van der Waals surface area (Å²) < 4.78 is 0. The second kappa shape index (κ2) is 4.09. The van der Waals surface area contributed by atoms with Gasteiger partial charge in [-0.3, -0.25) is 5.41 Å². The van der Waals surface area contributed by atoms with Gasteiger partial charge in [0.2, 0.25) is 0 Å². The summed E-state index contributed by atoms with van der Waals surface area (Å²) in [5.74, 6) is 0.0173. The number of benzene rings is 1. The van der Waals surface area contributed by atoms with Gasteiger partial charge in [0.1, 0.15) is 11.5 Å². The van der Waals surface area contributed by atoms with E-state index in [1.807, 2.05) is 13.0 Å². The molecular formula is C15H19N3. The van der Waals surface area contributed by atoms with Crippen molar-refractivity contribution in [1.82, 2.24) is 4.98 Å². The zero-order chi connectivity index (χ0) is 13.5. The molecule has 0 aliphatic heterocycles.